The van der Waals surface area contributed by atoms with Crippen LogP contribution < -0.4 is 10.2 Å². The van der Waals surface area contributed by atoms with Crippen LogP contribution in [-0.4, -0.2) is 30.0 Å². The zero-order chi connectivity index (χ0) is 15.5. The molecule has 2 aromatic rings. The van der Waals surface area contributed by atoms with Crippen LogP contribution >= 0.6 is 0 Å². The van der Waals surface area contributed by atoms with Crippen LogP contribution in [0.1, 0.15) is 28.9 Å². The Kier molecular flexibility index (Phi) is 4.13. The third kappa shape index (κ3) is 2.98. The average molecular weight is 301 g/mol. The molecule has 1 aromatic heterocycles. The number of nitrogens with one attached hydrogen (secondary N) is 2. The van der Waals surface area contributed by atoms with Crippen molar-refractivity contribution in [1.29, 1.82) is 0 Å². The second kappa shape index (κ2) is 6.22. The van der Waals surface area contributed by atoms with E-state index in [9.17, 15) is 9.18 Å². The van der Waals surface area contributed by atoms with Crippen LogP contribution in [0.4, 0.5) is 10.1 Å². The first kappa shape index (κ1) is 14.6. The van der Waals surface area contributed by atoms with Gasteiger partial charge in [0.25, 0.3) is 5.91 Å². The molecule has 3 rings (SSSR count). The number of hydrogen-bond donors (Lipinski definition) is 2. The van der Waals surface area contributed by atoms with Crippen LogP contribution in [0.2, 0.25) is 0 Å². The number of amides is 1. The fourth-order valence-electron chi connectivity index (χ4n) is 2.98. The molecule has 1 atom stereocenters. The van der Waals surface area contributed by atoms with Gasteiger partial charge in [0.05, 0.1) is 11.3 Å². The van der Waals surface area contributed by atoms with E-state index < -0.39 is 0 Å². The van der Waals surface area contributed by atoms with Crippen molar-refractivity contribution in [1.82, 2.24) is 10.3 Å². The smallest absolute Gasteiger partial charge is 0.253 e. The van der Waals surface area contributed by atoms with Gasteiger partial charge in [-0.2, -0.15) is 0 Å². The van der Waals surface area contributed by atoms with Crippen molar-refractivity contribution in [2.24, 2.45) is 0 Å². The predicted molar refractivity (Wildman–Crippen MR) is 84.6 cm³/mol. The van der Waals surface area contributed by atoms with Gasteiger partial charge in [0, 0.05) is 31.0 Å². The second-order valence-electron chi connectivity index (χ2n) is 5.73. The largest absolute Gasteiger partial charge is 0.367 e. The summed E-state index contributed by atoms with van der Waals surface area (Å²) in [6.45, 7) is 3.33. The highest BCUT2D eigenvalue weighted by Gasteiger charge is 2.24. The zero-order valence-electron chi connectivity index (χ0n) is 12.6. The summed E-state index contributed by atoms with van der Waals surface area (Å²) >= 11 is 0. The van der Waals surface area contributed by atoms with Gasteiger partial charge in [0.15, 0.2) is 0 Å². The number of piperidine rings is 1. The first-order valence-corrected chi connectivity index (χ1v) is 7.59. The predicted octanol–water partition coefficient (Wildman–Crippen LogP) is 2.86. The molecule has 1 aliphatic heterocycles. The van der Waals surface area contributed by atoms with Crippen LogP contribution in [0.5, 0.6) is 0 Å². The van der Waals surface area contributed by atoms with Crippen LogP contribution in [-0.2, 0) is 0 Å². The van der Waals surface area contributed by atoms with Crippen molar-refractivity contribution in [3.63, 3.8) is 0 Å². The molecule has 1 aromatic carbocycles. The summed E-state index contributed by atoms with van der Waals surface area (Å²) in [4.78, 5) is 17.3. The van der Waals surface area contributed by atoms with Crippen molar-refractivity contribution in [2.75, 3.05) is 18.0 Å². The first-order valence-electron chi connectivity index (χ1n) is 7.59. The summed E-state index contributed by atoms with van der Waals surface area (Å²) in [5, 5.41) is 3.06. The van der Waals surface area contributed by atoms with Gasteiger partial charge in [0.2, 0.25) is 0 Å². The third-order valence-electron chi connectivity index (χ3n) is 4.15. The van der Waals surface area contributed by atoms with Gasteiger partial charge in [0.1, 0.15) is 5.82 Å². The Morgan fingerprint density at radius 2 is 2.18 bits per heavy atom. The number of carbonyl (C=O) groups is 1. The summed E-state index contributed by atoms with van der Waals surface area (Å²) in [6.07, 6.45) is 3.61. The van der Waals surface area contributed by atoms with Crippen molar-refractivity contribution in [2.45, 2.75) is 25.8 Å². The quantitative estimate of drug-likeness (QED) is 0.916. The maximum Gasteiger partial charge on any atom is 0.253 e. The van der Waals surface area contributed by atoms with Gasteiger partial charge < -0.3 is 15.2 Å². The monoisotopic (exact) mass is 301 g/mol. The molecule has 0 bridgehead atoms. The number of nitrogens with zero attached hydrogens (tertiary/aromatic N) is 1. The molecule has 1 aliphatic rings. The summed E-state index contributed by atoms with van der Waals surface area (Å²) in [7, 11) is 0. The number of para-hydroxylation sites is 1. The zero-order valence-corrected chi connectivity index (χ0v) is 12.6. The molecule has 2 N–H and O–H groups in total. The second-order valence-corrected chi connectivity index (χ2v) is 5.73. The fraction of sp³-hybridized carbons (Fsp3) is 0.353. The van der Waals surface area contributed by atoms with Crippen LogP contribution in [0.15, 0.2) is 36.5 Å². The number of halogens is 1. The molecule has 22 heavy (non-hydrogen) atoms. The topological polar surface area (TPSA) is 48.1 Å². The number of carbonyl (C=O) groups excluding carboxylic acids is 1. The summed E-state index contributed by atoms with van der Waals surface area (Å²) in [5.74, 6) is -0.282. The number of anilines is 1. The van der Waals surface area contributed by atoms with E-state index in [1.54, 1.807) is 24.4 Å². The molecule has 4 nitrogen and oxygen atoms in total. The molecular formula is C17H20FN3O. The molecule has 0 spiro atoms. The fourth-order valence-corrected chi connectivity index (χ4v) is 2.98. The molecule has 1 fully saturated rings. The summed E-state index contributed by atoms with van der Waals surface area (Å²) in [6, 6.07) is 8.61. The van der Waals surface area contributed by atoms with Gasteiger partial charge in [-0.3, -0.25) is 4.79 Å². The highest BCUT2D eigenvalue weighted by atomic mass is 19.1. The summed E-state index contributed by atoms with van der Waals surface area (Å²) in [5.41, 5.74) is 2.14. The average Bonchev–Trinajstić information content (AvgIpc) is 2.94. The molecule has 5 heteroatoms. The molecule has 2 heterocycles. The van der Waals surface area contributed by atoms with Crippen molar-refractivity contribution >= 4 is 11.6 Å². The van der Waals surface area contributed by atoms with Gasteiger partial charge in [-0.25, -0.2) is 4.39 Å². The SMILES string of the molecule is Cc1[nH]ccc1C(=O)N[C@@H]1CCCN(c2ccccc2F)C1. The van der Waals surface area contributed by atoms with Crippen LogP contribution in [0.25, 0.3) is 0 Å². The third-order valence-corrected chi connectivity index (χ3v) is 4.15. The minimum absolute atomic E-state index is 0.0372. The Labute approximate surface area is 129 Å². The minimum Gasteiger partial charge on any atom is -0.367 e. The molecule has 0 aliphatic carbocycles. The lowest BCUT2D eigenvalue weighted by atomic mass is 10.0. The van der Waals surface area contributed by atoms with E-state index in [1.165, 1.54) is 6.07 Å². The lowest BCUT2D eigenvalue weighted by Gasteiger charge is -2.34. The molecule has 116 valence electrons. The van der Waals surface area contributed by atoms with E-state index >= 15 is 0 Å². The molecule has 0 saturated carbocycles. The van der Waals surface area contributed by atoms with E-state index in [1.807, 2.05) is 17.9 Å². The number of aryl methyl sites for hydroxylation is 1. The number of H-pyrrole nitrogens is 1. The first-order chi connectivity index (χ1) is 10.6. The van der Waals surface area contributed by atoms with E-state index in [-0.39, 0.29) is 17.8 Å². The van der Waals surface area contributed by atoms with Gasteiger partial charge >= 0.3 is 0 Å². The number of benzene rings is 1. The van der Waals surface area contributed by atoms with E-state index in [0.717, 1.165) is 25.1 Å². The number of aromatic nitrogens is 1. The number of rotatable bonds is 3. The number of hydrogen-bond acceptors (Lipinski definition) is 2. The van der Waals surface area contributed by atoms with Gasteiger partial charge in [-0.15, -0.1) is 0 Å². The summed E-state index contributed by atoms with van der Waals surface area (Å²) < 4.78 is 13.9. The van der Waals surface area contributed by atoms with Crippen LogP contribution in [0.3, 0.4) is 0 Å². The van der Waals surface area contributed by atoms with Crippen molar-refractivity contribution in [3.05, 3.63) is 53.6 Å². The molecule has 1 amide bonds. The minimum atomic E-state index is -0.212. The Bertz CT molecular complexity index is 667. The molecule has 0 unspecified atom stereocenters. The number of aromatic amines is 1. The highest BCUT2D eigenvalue weighted by molar-refractivity contribution is 5.95. The van der Waals surface area contributed by atoms with E-state index in [2.05, 4.69) is 10.3 Å². The maximum atomic E-state index is 13.9. The maximum absolute atomic E-state index is 13.9. The Morgan fingerprint density at radius 3 is 2.91 bits per heavy atom. The lowest BCUT2D eigenvalue weighted by molar-refractivity contribution is 0.0932. The Hall–Kier alpha value is -2.30. The molecule has 0 radical (unpaired) electrons. The van der Waals surface area contributed by atoms with Gasteiger partial charge in [-0.1, -0.05) is 12.1 Å². The van der Waals surface area contributed by atoms with E-state index in [4.69, 9.17) is 0 Å². The normalized spacial score (nSPS) is 18.3. The Morgan fingerprint density at radius 1 is 1.36 bits per heavy atom. The van der Waals surface area contributed by atoms with E-state index in [0.29, 0.717) is 17.8 Å². The highest BCUT2D eigenvalue weighted by Crippen LogP contribution is 2.23. The molecule has 1 saturated heterocycles. The van der Waals surface area contributed by atoms with Gasteiger partial charge in [-0.05, 0) is 38.0 Å². The molecular weight excluding hydrogens is 281 g/mol. The van der Waals surface area contributed by atoms with Crippen molar-refractivity contribution in [3.8, 4) is 0 Å². The van der Waals surface area contributed by atoms with Crippen molar-refractivity contribution < 1.29 is 9.18 Å². The lowest BCUT2D eigenvalue weighted by Crippen LogP contribution is -2.48. The Balaban J connectivity index is 1.68. The van der Waals surface area contributed by atoms with Crippen LogP contribution in [0, 0.1) is 12.7 Å². The standard InChI is InChI=1S/C17H20FN3O/c1-12-14(8-9-19-12)17(22)20-13-5-4-10-21(11-13)16-7-3-2-6-15(16)18/h2-3,6-9,13,19H,4-5,10-11H2,1H3,(H,20,22)/t13-/m1/s1.